The summed E-state index contributed by atoms with van der Waals surface area (Å²) in [5, 5.41) is 0.739. The number of nitrogens with zero attached hydrogens (tertiary/aromatic N) is 4. The van der Waals surface area contributed by atoms with Gasteiger partial charge in [0.2, 0.25) is 5.95 Å². The predicted octanol–water partition coefficient (Wildman–Crippen LogP) is 4.09. The van der Waals surface area contributed by atoms with Gasteiger partial charge in [-0.15, -0.1) is 0 Å². The summed E-state index contributed by atoms with van der Waals surface area (Å²) in [6.45, 7) is 1.80. The molecule has 0 aliphatic carbocycles. The summed E-state index contributed by atoms with van der Waals surface area (Å²) >= 11 is 6.05. The minimum Gasteiger partial charge on any atom is -0.445 e. The molecule has 128 valence electrons. The topological polar surface area (TPSA) is 55.1 Å². The van der Waals surface area contributed by atoms with Crippen LogP contribution in [-0.4, -0.2) is 28.0 Å². The van der Waals surface area contributed by atoms with Gasteiger partial charge in [-0.25, -0.2) is 15.0 Å². The van der Waals surface area contributed by atoms with Crippen LogP contribution in [0.3, 0.4) is 0 Å². The SMILES string of the molecule is Clc1cccc(Cc2cnc(C3CCCN(c4ncccn4)C3)o2)c1. The molecular weight excluding hydrogens is 336 g/mol. The lowest BCUT2D eigenvalue weighted by molar-refractivity contribution is 0.383. The van der Waals surface area contributed by atoms with Gasteiger partial charge in [-0.3, -0.25) is 0 Å². The molecule has 0 amide bonds. The highest BCUT2D eigenvalue weighted by Gasteiger charge is 2.26. The Hall–Kier alpha value is -2.40. The van der Waals surface area contributed by atoms with Gasteiger partial charge in [0.25, 0.3) is 0 Å². The average molecular weight is 355 g/mol. The van der Waals surface area contributed by atoms with Crippen LogP contribution in [0.5, 0.6) is 0 Å². The number of piperidine rings is 1. The number of hydrogen-bond acceptors (Lipinski definition) is 5. The first-order chi connectivity index (χ1) is 12.3. The summed E-state index contributed by atoms with van der Waals surface area (Å²) in [5.41, 5.74) is 1.12. The van der Waals surface area contributed by atoms with E-state index in [1.54, 1.807) is 12.4 Å². The quantitative estimate of drug-likeness (QED) is 0.706. The minimum atomic E-state index is 0.269. The molecular formula is C19H19ClN4O. The van der Waals surface area contributed by atoms with Gasteiger partial charge in [-0.2, -0.15) is 0 Å². The van der Waals surface area contributed by atoms with Crippen molar-refractivity contribution in [2.75, 3.05) is 18.0 Å². The molecule has 3 heterocycles. The van der Waals surface area contributed by atoms with Gasteiger partial charge in [0.1, 0.15) is 5.76 Å². The molecule has 0 N–H and O–H groups in total. The van der Waals surface area contributed by atoms with Crippen molar-refractivity contribution in [3.63, 3.8) is 0 Å². The van der Waals surface area contributed by atoms with Crippen molar-refractivity contribution in [1.82, 2.24) is 15.0 Å². The number of benzene rings is 1. The van der Waals surface area contributed by atoms with Crippen LogP contribution in [0, 0.1) is 0 Å². The average Bonchev–Trinajstić information content (AvgIpc) is 3.11. The molecule has 1 unspecified atom stereocenters. The molecule has 0 spiro atoms. The lowest BCUT2D eigenvalue weighted by Gasteiger charge is -2.31. The summed E-state index contributed by atoms with van der Waals surface area (Å²) in [6, 6.07) is 9.66. The lowest BCUT2D eigenvalue weighted by Crippen LogP contribution is -2.35. The number of aromatic nitrogens is 3. The van der Waals surface area contributed by atoms with Crippen LogP contribution in [0.1, 0.15) is 36.0 Å². The summed E-state index contributed by atoms with van der Waals surface area (Å²) in [6.07, 6.45) is 8.23. The van der Waals surface area contributed by atoms with E-state index in [4.69, 9.17) is 16.0 Å². The van der Waals surface area contributed by atoms with Crippen molar-refractivity contribution in [1.29, 1.82) is 0 Å². The van der Waals surface area contributed by atoms with Gasteiger partial charge < -0.3 is 9.32 Å². The smallest absolute Gasteiger partial charge is 0.225 e. The first-order valence-corrected chi connectivity index (χ1v) is 8.87. The monoisotopic (exact) mass is 354 g/mol. The van der Waals surface area contributed by atoms with Crippen molar-refractivity contribution in [2.45, 2.75) is 25.2 Å². The van der Waals surface area contributed by atoms with Gasteiger partial charge in [0, 0.05) is 36.9 Å². The van der Waals surface area contributed by atoms with Crippen molar-refractivity contribution in [3.05, 3.63) is 71.2 Å². The summed E-state index contributed by atoms with van der Waals surface area (Å²) < 4.78 is 6.03. The standard InChI is InChI=1S/C19H19ClN4O/c20-16-6-1-4-14(10-16)11-17-12-23-18(25-17)15-5-2-9-24(13-15)19-21-7-3-8-22-19/h1,3-4,6-8,10,12,15H,2,5,9,11,13H2. The molecule has 1 aliphatic rings. The van der Waals surface area contributed by atoms with E-state index in [-0.39, 0.29) is 5.92 Å². The second-order valence-electron chi connectivity index (χ2n) is 6.31. The highest BCUT2D eigenvalue weighted by Crippen LogP contribution is 2.28. The Morgan fingerprint density at radius 3 is 2.88 bits per heavy atom. The molecule has 1 aromatic carbocycles. The maximum Gasteiger partial charge on any atom is 0.225 e. The summed E-state index contributed by atoms with van der Waals surface area (Å²) in [5.74, 6) is 2.71. The van der Waals surface area contributed by atoms with Crippen LogP contribution in [-0.2, 0) is 6.42 Å². The minimum absolute atomic E-state index is 0.269. The van der Waals surface area contributed by atoms with E-state index in [1.807, 2.05) is 36.5 Å². The van der Waals surface area contributed by atoms with Gasteiger partial charge in [-0.05, 0) is 36.6 Å². The zero-order valence-electron chi connectivity index (χ0n) is 13.8. The first-order valence-electron chi connectivity index (χ1n) is 8.49. The molecule has 0 bridgehead atoms. The van der Waals surface area contributed by atoms with Gasteiger partial charge >= 0.3 is 0 Å². The molecule has 2 aromatic heterocycles. The number of hydrogen-bond donors (Lipinski definition) is 0. The highest BCUT2D eigenvalue weighted by molar-refractivity contribution is 6.30. The lowest BCUT2D eigenvalue weighted by atomic mass is 9.98. The van der Waals surface area contributed by atoms with E-state index < -0.39 is 0 Å². The molecule has 1 saturated heterocycles. The van der Waals surface area contributed by atoms with Crippen LogP contribution in [0.25, 0.3) is 0 Å². The summed E-state index contributed by atoms with van der Waals surface area (Å²) in [4.78, 5) is 15.4. The third-order valence-corrected chi connectivity index (χ3v) is 4.68. The van der Waals surface area contributed by atoms with Crippen LogP contribution in [0.2, 0.25) is 5.02 Å². The fourth-order valence-corrected chi connectivity index (χ4v) is 3.47. The Morgan fingerprint density at radius 1 is 1.16 bits per heavy atom. The zero-order valence-corrected chi connectivity index (χ0v) is 14.6. The van der Waals surface area contributed by atoms with Crippen LogP contribution in [0.15, 0.2) is 53.3 Å². The largest absolute Gasteiger partial charge is 0.445 e. The van der Waals surface area contributed by atoms with Gasteiger partial charge in [-0.1, -0.05) is 23.7 Å². The van der Waals surface area contributed by atoms with E-state index in [0.29, 0.717) is 6.42 Å². The van der Waals surface area contributed by atoms with Crippen LogP contribution >= 0.6 is 11.6 Å². The number of rotatable bonds is 4. The highest BCUT2D eigenvalue weighted by atomic mass is 35.5. The van der Waals surface area contributed by atoms with E-state index >= 15 is 0 Å². The second-order valence-corrected chi connectivity index (χ2v) is 6.74. The fraction of sp³-hybridized carbons (Fsp3) is 0.316. The number of anilines is 1. The Labute approximate surface area is 151 Å². The summed E-state index contributed by atoms with van der Waals surface area (Å²) in [7, 11) is 0. The normalized spacial score (nSPS) is 17.6. The Kier molecular flexibility index (Phi) is 4.65. The van der Waals surface area contributed by atoms with Crippen molar-refractivity contribution >= 4 is 17.5 Å². The van der Waals surface area contributed by atoms with E-state index in [2.05, 4.69) is 19.9 Å². The van der Waals surface area contributed by atoms with Crippen LogP contribution < -0.4 is 4.90 Å². The zero-order chi connectivity index (χ0) is 17.1. The molecule has 1 fully saturated rings. The molecule has 1 atom stereocenters. The third kappa shape index (κ3) is 3.82. The Bertz CT molecular complexity index is 836. The molecule has 1 aliphatic heterocycles. The van der Waals surface area contributed by atoms with Gasteiger partial charge in [0.15, 0.2) is 5.89 Å². The second kappa shape index (κ2) is 7.23. The van der Waals surface area contributed by atoms with E-state index in [1.165, 1.54) is 0 Å². The number of halogens is 1. The number of oxazole rings is 1. The molecule has 4 rings (SSSR count). The predicted molar refractivity (Wildman–Crippen MR) is 97.0 cm³/mol. The van der Waals surface area contributed by atoms with Crippen molar-refractivity contribution in [3.8, 4) is 0 Å². The first kappa shape index (κ1) is 16.1. The van der Waals surface area contributed by atoms with E-state index in [9.17, 15) is 0 Å². The Morgan fingerprint density at radius 2 is 2.04 bits per heavy atom. The fourth-order valence-electron chi connectivity index (χ4n) is 3.26. The molecule has 5 nitrogen and oxygen atoms in total. The van der Waals surface area contributed by atoms with Crippen molar-refractivity contribution in [2.24, 2.45) is 0 Å². The maximum atomic E-state index is 6.05. The van der Waals surface area contributed by atoms with Crippen LogP contribution in [0.4, 0.5) is 5.95 Å². The molecule has 6 heteroatoms. The van der Waals surface area contributed by atoms with Gasteiger partial charge in [0.05, 0.1) is 12.1 Å². The van der Waals surface area contributed by atoms with Crippen molar-refractivity contribution < 1.29 is 4.42 Å². The molecule has 25 heavy (non-hydrogen) atoms. The molecule has 0 radical (unpaired) electrons. The third-order valence-electron chi connectivity index (χ3n) is 4.44. The molecule has 0 saturated carbocycles. The molecule has 3 aromatic rings. The maximum absolute atomic E-state index is 6.05. The Balaban J connectivity index is 1.46. The van der Waals surface area contributed by atoms with E-state index in [0.717, 1.165) is 54.1 Å².